The summed E-state index contributed by atoms with van der Waals surface area (Å²) in [5, 5.41) is 6.84. The van der Waals surface area contributed by atoms with Crippen LogP contribution in [0.4, 0.5) is 5.69 Å². The predicted molar refractivity (Wildman–Crippen MR) is 80.4 cm³/mol. The van der Waals surface area contributed by atoms with Gasteiger partial charge in [0.15, 0.2) is 5.76 Å². The highest BCUT2D eigenvalue weighted by molar-refractivity contribution is 7.89. The van der Waals surface area contributed by atoms with Crippen molar-refractivity contribution in [3.63, 3.8) is 0 Å². The number of nitrogens with one attached hydrogen (secondary N) is 1. The molecule has 0 aliphatic heterocycles. The van der Waals surface area contributed by atoms with Crippen LogP contribution in [-0.2, 0) is 14.8 Å². The zero-order chi connectivity index (χ0) is 17.0. The van der Waals surface area contributed by atoms with Crippen LogP contribution in [0.3, 0.4) is 0 Å². The zero-order valence-electron chi connectivity index (χ0n) is 12.1. The quantitative estimate of drug-likeness (QED) is 0.792. The highest BCUT2D eigenvalue weighted by atomic mass is 32.2. The number of esters is 1. The Hall–Kier alpha value is -2.65. The summed E-state index contributed by atoms with van der Waals surface area (Å²) in [7, 11) is -4.04. The van der Waals surface area contributed by atoms with Gasteiger partial charge in [0, 0.05) is 0 Å². The van der Waals surface area contributed by atoms with Crippen molar-refractivity contribution in [3.05, 3.63) is 47.7 Å². The van der Waals surface area contributed by atoms with Gasteiger partial charge in [0.25, 0.3) is 15.9 Å². The fourth-order valence-electron chi connectivity index (χ4n) is 1.76. The van der Waals surface area contributed by atoms with E-state index in [9.17, 15) is 18.0 Å². The number of hydrogen-bond donors (Lipinski definition) is 2. The van der Waals surface area contributed by atoms with Gasteiger partial charge in [-0.05, 0) is 31.2 Å². The van der Waals surface area contributed by atoms with E-state index < -0.39 is 27.0 Å². The van der Waals surface area contributed by atoms with Crippen molar-refractivity contribution in [3.8, 4) is 0 Å². The molecule has 1 amide bonds. The SMILES string of the molecule is CCOC(=O)c1ccccc1NC(=O)c1ccc(S(N)(=O)=O)o1. The first-order valence-corrected chi connectivity index (χ1v) is 8.07. The number of primary sulfonamides is 1. The lowest BCUT2D eigenvalue weighted by molar-refractivity contribution is 0.0527. The summed E-state index contributed by atoms with van der Waals surface area (Å²) in [6, 6.07) is 8.48. The van der Waals surface area contributed by atoms with Gasteiger partial charge in [0.2, 0.25) is 5.09 Å². The average molecular weight is 338 g/mol. The van der Waals surface area contributed by atoms with Gasteiger partial charge in [-0.15, -0.1) is 0 Å². The van der Waals surface area contributed by atoms with Crippen LogP contribution >= 0.6 is 0 Å². The van der Waals surface area contributed by atoms with E-state index in [0.717, 1.165) is 6.07 Å². The van der Waals surface area contributed by atoms with Crippen molar-refractivity contribution in [1.82, 2.24) is 0 Å². The molecule has 0 saturated heterocycles. The lowest BCUT2D eigenvalue weighted by atomic mass is 10.1. The first-order valence-electron chi connectivity index (χ1n) is 6.53. The number of carbonyl (C=O) groups is 2. The Morgan fingerprint density at radius 2 is 1.91 bits per heavy atom. The van der Waals surface area contributed by atoms with Gasteiger partial charge in [0.05, 0.1) is 17.9 Å². The van der Waals surface area contributed by atoms with E-state index in [2.05, 4.69) is 5.32 Å². The van der Waals surface area contributed by atoms with Crippen molar-refractivity contribution in [1.29, 1.82) is 0 Å². The molecule has 3 N–H and O–H groups in total. The lowest BCUT2D eigenvalue weighted by Crippen LogP contribution is -2.15. The number of benzene rings is 1. The fraction of sp³-hybridized carbons (Fsp3) is 0.143. The summed E-state index contributed by atoms with van der Waals surface area (Å²) in [5.74, 6) is -1.57. The van der Waals surface area contributed by atoms with E-state index in [1.807, 2.05) is 0 Å². The normalized spacial score (nSPS) is 11.0. The standard InChI is InChI=1S/C14H14N2O6S/c1-2-21-14(18)9-5-3-4-6-10(9)16-13(17)11-7-8-12(22-11)23(15,19)20/h3-8H,2H2,1H3,(H,16,17)(H2,15,19,20). The maximum Gasteiger partial charge on any atom is 0.340 e. The van der Waals surface area contributed by atoms with Gasteiger partial charge in [-0.25, -0.2) is 18.4 Å². The number of anilines is 1. The third-order valence-electron chi connectivity index (χ3n) is 2.76. The second-order valence-corrected chi connectivity index (χ2v) is 5.88. The highest BCUT2D eigenvalue weighted by Gasteiger charge is 2.19. The largest absolute Gasteiger partial charge is 0.462 e. The van der Waals surface area contributed by atoms with Crippen molar-refractivity contribution in [2.24, 2.45) is 5.14 Å². The second-order valence-electron chi connectivity index (χ2n) is 4.38. The molecule has 0 aliphatic carbocycles. The number of ether oxygens (including phenoxy) is 1. The third kappa shape index (κ3) is 3.96. The minimum atomic E-state index is -4.04. The fourth-order valence-corrected chi connectivity index (χ4v) is 2.22. The summed E-state index contributed by atoms with van der Waals surface area (Å²) in [5.41, 5.74) is 0.380. The molecule has 1 aromatic heterocycles. The van der Waals surface area contributed by atoms with Crippen molar-refractivity contribution >= 4 is 27.6 Å². The van der Waals surface area contributed by atoms with Gasteiger partial charge in [-0.3, -0.25) is 4.79 Å². The second kappa shape index (κ2) is 6.63. The van der Waals surface area contributed by atoms with Crippen LogP contribution in [0, 0.1) is 0 Å². The maximum absolute atomic E-state index is 12.1. The number of para-hydroxylation sites is 1. The van der Waals surface area contributed by atoms with Crippen molar-refractivity contribution < 1.29 is 27.2 Å². The summed E-state index contributed by atoms with van der Waals surface area (Å²) in [6.45, 7) is 1.85. The molecule has 0 fully saturated rings. The molecule has 0 bridgehead atoms. The number of sulfonamides is 1. The van der Waals surface area contributed by atoms with Crippen LogP contribution in [0.5, 0.6) is 0 Å². The number of nitrogens with two attached hydrogens (primary N) is 1. The third-order valence-corrected chi connectivity index (χ3v) is 3.54. The summed E-state index contributed by atoms with van der Waals surface area (Å²) in [6.07, 6.45) is 0. The zero-order valence-corrected chi connectivity index (χ0v) is 12.9. The molecular formula is C14H14N2O6S. The lowest BCUT2D eigenvalue weighted by Gasteiger charge is -2.09. The molecule has 122 valence electrons. The number of carbonyl (C=O) groups excluding carboxylic acids is 2. The molecule has 2 rings (SSSR count). The van der Waals surface area contributed by atoms with Gasteiger partial charge in [-0.1, -0.05) is 12.1 Å². The van der Waals surface area contributed by atoms with E-state index in [4.69, 9.17) is 14.3 Å². The Balaban J connectivity index is 2.24. The van der Waals surface area contributed by atoms with E-state index in [0.29, 0.717) is 0 Å². The van der Waals surface area contributed by atoms with Gasteiger partial charge in [0.1, 0.15) is 0 Å². The van der Waals surface area contributed by atoms with Crippen LogP contribution in [-0.4, -0.2) is 26.9 Å². The van der Waals surface area contributed by atoms with Crippen molar-refractivity contribution in [2.45, 2.75) is 12.0 Å². The Morgan fingerprint density at radius 1 is 1.22 bits per heavy atom. The summed E-state index contributed by atoms with van der Waals surface area (Å²) in [4.78, 5) is 23.9. The molecule has 0 unspecified atom stereocenters. The molecule has 23 heavy (non-hydrogen) atoms. The average Bonchev–Trinajstić information content (AvgIpc) is 2.98. The molecule has 0 radical (unpaired) electrons. The van der Waals surface area contributed by atoms with Gasteiger partial charge in [-0.2, -0.15) is 0 Å². The van der Waals surface area contributed by atoms with Crippen LogP contribution in [0.1, 0.15) is 27.8 Å². The Morgan fingerprint density at radius 3 is 2.52 bits per heavy atom. The first-order chi connectivity index (χ1) is 10.8. The molecule has 0 spiro atoms. The molecule has 1 aromatic carbocycles. The van der Waals surface area contributed by atoms with E-state index in [1.54, 1.807) is 19.1 Å². The molecule has 8 nitrogen and oxygen atoms in total. The maximum atomic E-state index is 12.1. The number of rotatable bonds is 5. The minimum Gasteiger partial charge on any atom is -0.462 e. The Labute approximate surface area is 132 Å². The number of hydrogen-bond acceptors (Lipinski definition) is 6. The van der Waals surface area contributed by atoms with Crippen LogP contribution in [0.15, 0.2) is 45.9 Å². The molecule has 0 atom stereocenters. The van der Waals surface area contributed by atoms with E-state index in [1.165, 1.54) is 18.2 Å². The molecular weight excluding hydrogens is 324 g/mol. The minimum absolute atomic E-state index is 0.168. The summed E-state index contributed by atoms with van der Waals surface area (Å²) < 4.78 is 32.1. The topological polar surface area (TPSA) is 129 Å². The van der Waals surface area contributed by atoms with Crippen molar-refractivity contribution in [2.75, 3.05) is 11.9 Å². The highest BCUT2D eigenvalue weighted by Crippen LogP contribution is 2.19. The molecule has 0 saturated carbocycles. The molecule has 0 aliphatic rings. The molecule has 1 heterocycles. The number of furan rings is 1. The summed E-state index contributed by atoms with van der Waals surface area (Å²) >= 11 is 0. The predicted octanol–water partition coefficient (Wildman–Crippen LogP) is 1.36. The monoisotopic (exact) mass is 338 g/mol. The smallest absolute Gasteiger partial charge is 0.340 e. The number of amides is 1. The van der Waals surface area contributed by atoms with Crippen LogP contribution in [0.25, 0.3) is 0 Å². The van der Waals surface area contributed by atoms with Gasteiger partial charge >= 0.3 is 5.97 Å². The Bertz CT molecular complexity index is 840. The van der Waals surface area contributed by atoms with Crippen LogP contribution in [0.2, 0.25) is 0 Å². The van der Waals surface area contributed by atoms with Crippen LogP contribution < -0.4 is 10.5 Å². The van der Waals surface area contributed by atoms with E-state index >= 15 is 0 Å². The van der Waals surface area contributed by atoms with Gasteiger partial charge < -0.3 is 14.5 Å². The Kier molecular flexibility index (Phi) is 4.82. The van der Waals surface area contributed by atoms with E-state index in [-0.39, 0.29) is 23.6 Å². The first kappa shape index (κ1) is 16.7. The molecule has 9 heteroatoms. The molecule has 2 aromatic rings.